The Morgan fingerprint density at radius 3 is 2.83 bits per heavy atom. The van der Waals surface area contributed by atoms with Crippen molar-refractivity contribution in [2.45, 2.75) is 26.2 Å². The molecule has 7 heteroatoms. The summed E-state index contributed by atoms with van der Waals surface area (Å²) in [5.41, 5.74) is 9.60. The van der Waals surface area contributed by atoms with Gasteiger partial charge in [0.1, 0.15) is 5.82 Å². The highest BCUT2D eigenvalue weighted by Gasteiger charge is 2.43. The Morgan fingerprint density at radius 1 is 1.34 bits per heavy atom. The molecule has 0 unspecified atom stereocenters. The summed E-state index contributed by atoms with van der Waals surface area (Å²) in [5.74, 6) is 0.0812. The number of hydrogen-bond donors (Lipinski definition) is 2. The number of hydrogen-bond acceptors (Lipinski definition) is 5. The summed E-state index contributed by atoms with van der Waals surface area (Å²) in [7, 11) is 0. The maximum absolute atomic E-state index is 12.3. The van der Waals surface area contributed by atoms with Crippen LogP contribution in [0.5, 0.6) is 0 Å². The lowest BCUT2D eigenvalue weighted by Gasteiger charge is -2.16. The number of pyridine rings is 2. The lowest BCUT2D eigenvalue weighted by Crippen LogP contribution is -2.15. The summed E-state index contributed by atoms with van der Waals surface area (Å²) in [6.07, 6.45) is 5.76. The van der Waals surface area contributed by atoms with E-state index in [1.54, 1.807) is 24.7 Å². The molecule has 146 valence electrons. The number of nitrogens with two attached hydrogens (primary N) is 1. The molecule has 1 fully saturated rings. The van der Waals surface area contributed by atoms with Gasteiger partial charge in [0, 0.05) is 35.1 Å². The topological polar surface area (TPSA) is 105 Å². The number of benzene rings is 1. The van der Waals surface area contributed by atoms with Gasteiger partial charge in [0.25, 0.3) is 0 Å². The maximum Gasteiger partial charge on any atom is 0.230 e. The molecule has 0 bridgehead atoms. The van der Waals surface area contributed by atoms with Gasteiger partial charge in [0.15, 0.2) is 0 Å². The fourth-order valence-corrected chi connectivity index (χ4v) is 3.80. The number of nitriles is 1. The molecule has 1 saturated carbocycles. The number of halogens is 1. The van der Waals surface area contributed by atoms with E-state index in [9.17, 15) is 4.79 Å². The van der Waals surface area contributed by atoms with Crippen LogP contribution in [0.1, 0.15) is 31.7 Å². The molecule has 0 radical (unpaired) electrons. The normalized spacial score (nSPS) is 17.9. The Morgan fingerprint density at radius 2 is 2.14 bits per heavy atom. The molecule has 2 atom stereocenters. The summed E-state index contributed by atoms with van der Waals surface area (Å²) >= 11 is 6.61. The number of rotatable bonds is 4. The molecule has 0 aliphatic heterocycles. The van der Waals surface area contributed by atoms with E-state index in [0.29, 0.717) is 34.3 Å². The molecule has 1 aromatic carbocycles. The molecule has 3 aromatic rings. The van der Waals surface area contributed by atoms with Gasteiger partial charge in [-0.2, -0.15) is 5.26 Å². The van der Waals surface area contributed by atoms with Crippen LogP contribution in [0.3, 0.4) is 0 Å². The van der Waals surface area contributed by atoms with Crippen LogP contribution >= 0.6 is 11.6 Å². The molecule has 1 aliphatic rings. The highest BCUT2D eigenvalue weighted by atomic mass is 35.5. The van der Waals surface area contributed by atoms with E-state index in [1.165, 1.54) is 0 Å². The Kier molecular flexibility index (Phi) is 4.85. The van der Waals surface area contributed by atoms with Crippen molar-refractivity contribution >= 4 is 39.8 Å². The minimum absolute atomic E-state index is 0.181. The van der Waals surface area contributed by atoms with Crippen molar-refractivity contribution in [3.05, 3.63) is 47.4 Å². The zero-order valence-electron chi connectivity index (χ0n) is 16.1. The Bertz CT molecular complexity index is 1170. The summed E-state index contributed by atoms with van der Waals surface area (Å²) in [6, 6.07) is 7.83. The summed E-state index contributed by atoms with van der Waals surface area (Å²) < 4.78 is 0. The number of carbonyl (C=O) groups excluding carboxylic acids is 1. The number of nitrogens with one attached hydrogen (secondary N) is 1. The number of aromatic nitrogens is 2. The Hall–Kier alpha value is -3.17. The average molecular weight is 406 g/mol. The van der Waals surface area contributed by atoms with Gasteiger partial charge in [0.2, 0.25) is 5.91 Å². The third kappa shape index (κ3) is 3.50. The molecule has 2 heterocycles. The molecular formula is C22H20ClN5O. The van der Waals surface area contributed by atoms with Crippen LogP contribution in [0.15, 0.2) is 36.8 Å². The Labute approximate surface area is 173 Å². The highest BCUT2D eigenvalue weighted by Crippen LogP contribution is 2.41. The predicted molar refractivity (Wildman–Crippen MR) is 114 cm³/mol. The second-order valence-corrected chi connectivity index (χ2v) is 8.01. The van der Waals surface area contributed by atoms with Gasteiger partial charge in [-0.1, -0.05) is 25.4 Å². The minimum Gasteiger partial charge on any atom is -0.397 e. The van der Waals surface area contributed by atoms with E-state index < -0.39 is 0 Å². The molecule has 2 aromatic heterocycles. The third-order valence-electron chi connectivity index (χ3n) is 5.31. The first-order chi connectivity index (χ1) is 13.9. The van der Waals surface area contributed by atoms with Crippen LogP contribution in [-0.4, -0.2) is 15.9 Å². The first kappa shape index (κ1) is 19.2. The van der Waals surface area contributed by atoms with Gasteiger partial charge in [-0.15, -0.1) is 0 Å². The molecule has 1 amide bonds. The molecule has 3 N–H and O–H groups in total. The molecule has 0 spiro atoms. The number of fused-ring (bicyclic) bond motifs is 1. The van der Waals surface area contributed by atoms with Gasteiger partial charge in [0.05, 0.1) is 28.6 Å². The smallest absolute Gasteiger partial charge is 0.230 e. The standard InChI is InChI=1S/C22H20ClN5O/c1-11(2)14-3-4-26-9-18(14)16-5-12-7-19(27-10-17(12)21(25)20(16)23)28-22(29)15-6-13(15)8-24/h3-5,7,9-11,13,15H,6,25H2,1-2H3,(H,27,28,29)/t13-,15+/m0/s1. The van der Waals surface area contributed by atoms with Crippen molar-refractivity contribution in [1.82, 2.24) is 9.97 Å². The van der Waals surface area contributed by atoms with Crippen molar-refractivity contribution in [2.24, 2.45) is 11.8 Å². The lowest BCUT2D eigenvalue weighted by atomic mass is 9.93. The van der Waals surface area contributed by atoms with E-state index in [4.69, 9.17) is 22.6 Å². The van der Waals surface area contributed by atoms with E-state index in [2.05, 4.69) is 35.2 Å². The van der Waals surface area contributed by atoms with Gasteiger partial charge in [-0.3, -0.25) is 9.78 Å². The second kappa shape index (κ2) is 7.34. The fourth-order valence-electron chi connectivity index (χ4n) is 3.54. The molecule has 1 aliphatic carbocycles. The minimum atomic E-state index is -0.257. The second-order valence-electron chi connectivity index (χ2n) is 7.63. The lowest BCUT2D eigenvalue weighted by molar-refractivity contribution is -0.117. The molecule has 0 saturated heterocycles. The first-order valence-electron chi connectivity index (χ1n) is 9.43. The van der Waals surface area contributed by atoms with Crippen LogP contribution in [0, 0.1) is 23.2 Å². The van der Waals surface area contributed by atoms with Crippen LogP contribution in [0.4, 0.5) is 11.5 Å². The predicted octanol–water partition coefficient (Wildman–Crippen LogP) is 4.75. The summed E-state index contributed by atoms with van der Waals surface area (Å²) in [4.78, 5) is 20.8. The van der Waals surface area contributed by atoms with E-state index >= 15 is 0 Å². The zero-order valence-corrected chi connectivity index (χ0v) is 16.9. The number of nitrogen functional groups attached to an aromatic ring is 1. The third-order valence-corrected chi connectivity index (χ3v) is 5.72. The molecular weight excluding hydrogens is 386 g/mol. The van der Waals surface area contributed by atoms with Crippen molar-refractivity contribution in [1.29, 1.82) is 5.26 Å². The SMILES string of the molecule is CC(C)c1ccncc1-c1cc2cc(NC(=O)[C@@H]3C[C@H]3C#N)ncc2c(N)c1Cl. The van der Waals surface area contributed by atoms with Crippen LogP contribution < -0.4 is 11.1 Å². The molecule has 6 nitrogen and oxygen atoms in total. The highest BCUT2D eigenvalue weighted by molar-refractivity contribution is 6.37. The van der Waals surface area contributed by atoms with Crippen molar-refractivity contribution in [3.8, 4) is 17.2 Å². The zero-order chi connectivity index (χ0) is 20.7. The number of amides is 1. The maximum atomic E-state index is 12.3. The van der Waals surface area contributed by atoms with Crippen LogP contribution in [0.2, 0.25) is 5.02 Å². The van der Waals surface area contributed by atoms with Gasteiger partial charge >= 0.3 is 0 Å². The van der Waals surface area contributed by atoms with Crippen molar-refractivity contribution in [2.75, 3.05) is 11.1 Å². The fraction of sp³-hybridized carbons (Fsp3) is 0.273. The number of anilines is 2. The van der Waals surface area contributed by atoms with Crippen molar-refractivity contribution < 1.29 is 4.79 Å². The number of carbonyl (C=O) groups is 1. The van der Waals surface area contributed by atoms with Gasteiger partial charge < -0.3 is 11.1 Å². The monoisotopic (exact) mass is 405 g/mol. The van der Waals surface area contributed by atoms with E-state index in [-0.39, 0.29) is 17.7 Å². The Balaban J connectivity index is 1.77. The average Bonchev–Trinajstić information content (AvgIpc) is 3.51. The summed E-state index contributed by atoms with van der Waals surface area (Å²) in [6.45, 7) is 4.22. The number of nitrogens with zero attached hydrogens (tertiary/aromatic N) is 3. The summed E-state index contributed by atoms with van der Waals surface area (Å²) in [5, 5.41) is 13.7. The van der Waals surface area contributed by atoms with E-state index in [1.807, 2.05) is 12.1 Å². The van der Waals surface area contributed by atoms with E-state index in [0.717, 1.165) is 22.1 Å². The first-order valence-corrected chi connectivity index (χ1v) is 9.81. The van der Waals surface area contributed by atoms with Crippen LogP contribution in [0.25, 0.3) is 21.9 Å². The quantitative estimate of drug-likeness (QED) is 0.609. The molecule has 29 heavy (non-hydrogen) atoms. The van der Waals surface area contributed by atoms with Gasteiger partial charge in [-0.25, -0.2) is 4.98 Å². The van der Waals surface area contributed by atoms with Gasteiger partial charge in [-0.05, 0) is 41.5 Å². The van der Waals surface area contributed by atoms with Crippen molar-refractivity contribution in [3.63, 3.8) is 0 Å². The molecule has 4 rings (SSSR count). The van der Waals surface area contributed by atoms with Crippen LogP contribution in [-0.2, 0) is 4.79 Å². The largest absolute Gasteiger partial charge is 0.397 e.